The molecule has 2 heterocycles. The minimum absolute atomic E-state index is 0.0815. The van der Waals surface area contributed by atoms with Gasteiger partial charge in [-0.2, -0.15) is 5.10 Å². The van der Waals surface area contributed by atoms with Crippen molar-refractivity contribution in [3.05, 3.63) is 64.1 Å². The molecular formula is C19H21N3O3S. The molecule has 7 heteroatoms. The number of hydrogen-bond acceptors (Lipinski definition) is 5. The van der Waals surface area contributed by atoms with Gasteiger partial charge in [0.2, 0.25) is 0 Å². The molecule has 0 bridgehead atoms. The number of ether oxygens (including phenoxy) is 2. The predicted octanol–water partition coefficient (Wildman–Crippen LogP) is 3.72. The number of H-pyrrole nitrogens is 1. The van der Waals surface area contributed by atoms with Crippen LogP contribution in [0.1, 0.15) is 27.9 Å². The smallest absolute Gasteiger partial charge is 0.272 e. The number of nitrogens with one attached hydrogen (secondary N) is 1. The van der Waals surface area contributed by atoms with Gasteiger partial charge in [-0.05, 0) is 42.1 Å². The van der Waals surface area contributed by atoms with Crippen LogP contribution in [-0.4, -0.2) is 34.7 Å². The monoisotopic (exact) mass is 371 g/mol. The van der Waals surface area contributed by atoms with Gasteiger partial charge in [-0.15, -0.1) is 11.3 Å². The fourth-order valence-corrected chi connectivity index (χ4v) is 3.18. The Labute approximate surface area is 156 Å². The van der Waals surface area contributed by atoms with Gasteiger partial charge in [0, 0.05) is 24.2 Å². The highest BCUT2D eigenvalue weighted by molar-refractivity contribution is 7.09. The summed E-state index contributed by atoms with van der Waals surface area (Å²) in [5.41, 5.74) is 1.45. The fraction of sp³-hybridized carbons (Fsp3) is 0.263. The minimum Gasteiger partial charge on any atom is -0.493 e. The van der Waals surface area contributed by atoms with Crippen molar-refractivity contribution in [1.29, 1.82) is 0 Å². The average molecular weight is 371 g/mol. The van der Waals surface area contributed by atoms with Gasteiger partial charge in [-0.25, -0.2) is 0 Å². The molecule has 1 aromatic carbocycles. The Hall–Kier alpha value is -2.80. The molecule has 0 aliphatic rings. The number of rotatable bonds is 8. The van der Waals surface area contributed by atoms with Crippen LogP contribution in [0, 0.1) is 0 Å². The first-order valence-corrected chi connectivity index (χ1v) is 9.20. The van der Waals surface area contributed by atoms with Crippen molar-refractivity contribution in [2.24, 2.45) is 0 Å². The number of carbonyl (C=O) groups is 1. The van der Waals surface area contributed by atoms with E-state index in [2.05, 4.69) is 10.2 Å². The van der Waals surface area contributed by atoms with Crippen molar-refractivity contribution in [3.8, 4) is 11.5 Å². The highest BCUT2D eigenvalue weighted by Crippen LogP contribution is 2.30. The van der Waals surface area contributed by atoms with Crippen LogP contribution in [-0.2, 0) is 13.2 Å². The van der Waals surface area contributed by atoms with Crippen molar-refractivity contribution in [3.63, 3.8) is 0 Å². The van der Waals surface area contributed by atoms with Crippen LogP contribution in [0.3, 0.4) is 0 Å². The van der Waals surface area contributed by atoms with E-state index in [1.165, 1.54) is 0 Å². The van der Waals surface area contributed by atoms with E-state index in [9.17, 15) is 4.79 Å². The molecule has 0 fully saturated rings. The summed E-state index contributed by atoms with van der Waals surface area (Å²) >= 11 is 1.65. The number of aromatic nitrogens is 2. The van der Waals surface area contributed by atoms with E-state index in [0.717, 1.165) is 10.4 Å². The standard InChI is InChI=1S/C19H21N3O3S/c1-3-22(19(23)16-8-9-20-21-16)12-14-6-7-17(18(11-14)24-2)25-13-15-5-4-10-26-15/h4-11H,3,12-13H2,1-2H3,(H,20,21). The van der Waals surface area contributed by atoms with Gasteiger partial charge in [0.25, 0.3) is 5.91 Å². The molecule has 3 aromatic rings. The summed E-state index contributed by atoms with van der Waals surface area (Å²) in [7, 11) is 1.62. The number of methoxy groups -OCH3 is 1. The van der Waals surface area contributed by atoms with Crippen molar-refractivity contribution < 1.29 is 14.3 Å². The normalized spacial score (nSPS) is 10.5. The van der Waals surface area contributed by atoms with Gasteiger partial charge in [-0.3, -0.25) is 9.89 Å². The zero-order valence-electron chi connectivity index (χ0n) is 14.8. The third-order valence-corrected chi connectivity index (χ3v) is 4.80. The Bertz CT molecular complexity index is 832. The van der Waals surface area contributed by atoms with Gasteiger partial charge in [0.05, 0.1) is 7.11 Å². The van der Waals surface area contributed by atoms with E-state index < -0.39 is 0 Å². The molecule has 0 atom stereocenters. The van der Waals surface area contributed by atoms with E-state index in [-0.39, 0.29) is 5.91 Å². The maximum Gasteiger partial charge on any atom is 0.272 e. The Morgan fingerprint density at radius 2 is 2.15 bits per heavy atom. The number of hydrogen-bond donors (Lipinski definition) is 1. The lowest BCUT2D eigenvalue weighted by molar-refractivity contribution is 0.0746. The minimum atomic E-state index is -0.0815. The Kier molecular flexibility index (Phi) is 5.91. The third kappa shape index (κ3) is 4.23. The Balaban J connectivity index is 1.70. The lowest BCUT2D eigenvalue weighted by Crippen LogP contribution is -2.30. The molecule has 0 saturated carbocycles. The molecular weight excluding hydrogens is 350 g/mol. The van der Waals surface area contributed by atoms with Gasteiger partial charge < -0.3 is 14.4 Å². The number of benzene rings is 1. The number of aromatic amines is 1. The summed E-state index contributed by atoms with van der Waals surface area (Å²) in [6, 6.07) is 11.5. The number of nitrogens with zero attached hydrogens (tertiary/aromatic N) is 2. The maximum absolute atomic E-state index is 12.5. The fourth-order valence-electron chi connectivity index (χ4n) is 2.57. The summed E-state index contributed by atoms with van der Waals surface area (Å²) < 4.78 is 11.3. The van der Waals surface area contributed by atoms with E-state index in [0.29, 0.717) is 36.9 Å². The topological polar surface area (TPSA) is 67.5 Å². The summed E-state index contributed by atoms with van der Waals surface area (Å²) in [6.45, 7) is 3.53. The van der Waals surface area contributed by atoms with Gasteiger partial charge in [-0.1, -0.05) is 12.1 Å². The predicted molar refractivity (Wildman–Crippen MR) is 101 cm³/mol. The lowest BCUT2D eigenvalue weighted by Gasteiger charge is -2.21. The van der Waals surface area contributed by atoms with Crippen molar-refractivity contribution in [1.82, 2.24) is 15.1 Å². The first kappa shape index (κ1) is 18.0. The zero-order chi connectivity index (χ0) is 18.4. The first-order chi connectivity index (χ1) is 12.7. The highest BCUT2D eigenvalue weighted by Gasteiger charge is 2.16. The van der Waals surface area contributed by atoms with Crippen molar-refractivity contribution >= 4 is 17.2 Å². The molecule has 1 N–H and O–H groups in total. The number of thiophene rings is 1. The van der Waals surface area contributed by atoms with Gasteiger partial charge in [0.1, 0.15) is 12.3 Å². The van der Waals surface area contributed by atoms with E-state index >= 15 is 0 Å². The molecule has 0 aliphatic heterocycles. The molecule has 1 amide bonds. The molecule has 0 radical (unpaired) electrons. The molecule has 0 saturated heterocycles. The van der Waals surface area contributed by atoms with E-state index in [4.69, 9.17) is 9.47 Å². The second kappa shape index (κ2) is 8.53. The molecule has 0 unspecified atom stereocenters. The number of carbonyl (C=O) groups excluding carboxylic acids is 1. The van der Waals surface area contributed by atoms with E-state index in [1.807, 2.05) is 42.6 Å². The summed E-state index contributed by atoms with van der Waals surface area (Å²) in [5.74, 6) is 1.26. The van der Waals surface area contributed by atoms with Crippen LogP contribution in [0.4, 0.5) is 0 Å². The Morgan fingerprint density at radius 1 is 1.27 bits per heavy atom. The molecule has 6 nitrogen and oxygen atoms in total. The second-order valence-electron chi connectivity index (χ2n) is 5.64. The summed E-state index contributed by atoms with van der Waals surface area (Å²) in [4.78, 5) is 15.4. The van der Waals surface area contributed by atoms with Crippen LogP contribution >= 0.6 is 11.3 Å². The quantitative estimate of drug-likeness (QED) is 0.655. The lowest BCUT2D eigenvalue weighted by atomic mass is 10.1. The average Bonchev–Trinajstić information content (AvgIpc) is 3.38. The molecule has 3 rings (SSSR count). The summed E-state index contributed by atoms with van der Waals surface area (Å²) in [5, 5.41) is 8.58. The third-order valence-electron chi connectivity index (χ3n) is 3.95. The van der Waals surface area contributed by atoms with Crippen LogP contribution in [0.5, 0.6) is 11.5 Å². The second-order valence-corrected chi connectivity index (χ2v) is 6.68. The molecule has 0 spiro atoms. The van der Waals surface area contributed by atoms with Crippen LogP contribution in [0.25, 0.3) is 0 Å². The van der Waals surface area contributed by atoms with Crippen molar-refractivity contribution in [2.75, 3.05) is 13.7 Å². The van der Waals surface area contributed by atoms with Crippen LogP contribution in [0.2, 0.25) is 0 Å². The SMILES string of the molecule is CCN(Cc1ccc(OCc2cccs2)c(OC)c1)C(=O)c1ccn[nH]1. The van der Waals surface area contributed by atoms with Gasteiger partial charge in [0.15, 0.2) is 11.5 Å². The molecule has 2 aromatic heterocycles. The first-order valence-electron chi connectivity index (χ1n) is 8.32. The van der Waals surface area contributed by atoms with Gasteiger partial charge >= 0.3 is 0 Å². The molecule has 136 valence electrons. The summed E-state index contributed by atoms with van der Waals surface area (Å²) in [6.07, 6.45) is 1.57. The maximum atomic E-state index is 12.5. The zero-order valence-corrected chi connectivity index (χ0v) is 15.6. The van der Waals surface area contributed by atoms with E-state index in [1.54, 1.807) is 35.6 Å². The largest absolute Gasteiger partial charge is 0.493 e. The van der Waals surface area contributed by atoms with Crippen LogP contribution in [0.15, 0.2) is 48.0 Å². The molecule has 26 heavy (non-hydrogen) atoms. The molecule has 0 aliphatic carbocycles. The highest BCUT2D eigenvalue weighted by atomic mass is 32.1. The van der Waals surface area contributed by atoms with Crippen molar-refractivity contribution in [2.45, 2.75) is 20.1 Å². The van der Waals surface area contributed by atoms with Crippen LogP contribution < -0.4 is 9.47 Å². The Morgan fingerprint density at radius 3 is 2.81 bits per heavy atom. The number of amides is 1.